The molecule has 0 unspecified atom stereocenters. The fourth-order valence-electron chi connectivity index (χ4n) is 1.62. The average Bonchev–Trinajstić information content (AvgIpc) is 2.36. The summed E-state index contributed by atoms with van der Waals surface area (Å²) in [6, 6.07) is 10.3. The number of rotatable bonds is 4. The molecule has 0 aliphatic rings. The van der Waals surface area contributed by atoms with Gasteiger partial charge in [-0.05, 0) is 35.9 Å². The largest absolute Gasteiger partial charge is 0.381 e. The normalized spacial score (nSPS) is 10.2. The van der Waals surface area contributed by atoms with Crippen LogP contribution in [0.4, 0.5) is 15.8 Å². The second-order valence-electron chi connectivity index (χ2n) is 3.94. The number of non-ortho nitro benzene ring substituents is 1. The van der Waals surface area contributed by atoms with Crippen molar-refractivity contribution in [2.24, 2.45) is 0 Å². The number of hydrogen-bond acceptors (Lipinski definition) is 3. The molecule has 6 heteroatoms. The van der Waals surface area contributed by atoms with Crippen molar-refractivity contribution in [3.05, 3.63) is 69.0 Å². The third kappa shape index (κ3) is 3.66. The summed E-state index contributed by atoms with van der Waals surface area (Å²) in [4.78, 5) is 10.0. The van der Waals surface area contributed by atoms with Crippen molar-refractivity contribution >= 4 is 23.0 Å². The second kappa shape index (κ2) is 5.67. The van der Waals surface area contributed by atoms with E-state index in [0.29, 0.717) is 22.8 Å². The molecule has 98 valence electrons. The topological polar surface area (TPSA) is 55.2 Å². The van der Waals surface area contributed by atoms with Gasteiger partial charge in [-0.25, -0.2) is 4.39 Å². The number of halogens is 2. The Bertz CT molecular complexity index is 582. The molecule has 19 heavy (non-hydrogen) atoms. The SMILES string of the molecule is O=[N+]([O-])c1ccc(NCc2cc(F)cc(Cl)c2)cc1. The molecule has 0 aliphatic heterocycles. The molecule has 2 aromatic carbocycles. The molecule has 0 saturated carbocycles. The Hall–Kier alpha value is -2.14. The van der Waals surface area contributed by atoms with Crippen molar-refractivity contribution in [2.75, 3.05) is 5.32 Å². The zero-order valence-electron chi connectivity index (χ0n) is 9.77. The van der Waals surface area contributed by atoms with Gasteiger partial charge in [0.1, 0.15) is 5.82 Å². The molecule has 0 amide bonds. The van der Waals surface area contributed by atoms with Crippen molar-refractivity contribution in [2.45, 2.75) is 6.54 Å². The van der Waals surface area contributed by atoms with Crippen LogP contribution in [0.2, 0.25) is 5.02 Å². The van der Waals surface area contributed by atoms with Crippen molar-refractivity contribution in [1.82, 2.24) is 0 Å². The van der Waals surface area contributed by atoms with Gasteiger partial charge in [0.15, 0.2) is 0 Å². The highest BCUT2D eigenvalue weighted by Gasteiger charge is 2.04. The number of nitrogens with zero attached hydrogens (tertiary/aromatic N) is 1. The molecule has 1 N–H and O–H groups in total. The van der Waals surface area contributed by atoms with Crippen LogP contribution in [-0.2, 0) is 6.54 Å². The molecule has 4 nitrogen and oxygen atoms in total. The van der Waals surface area contributed by atoms with E-state index in [9.17, 15) is 14.5 Å². The first kappa shape index (κ1) is 13.3. The fourth-order valence-corrected chi connectivity index (χ4v) is 1.86. The first-order valence-electron chi connectivity index (χ1n) is 5.48. The number of anilines is 1. The summed E-state index contributed by atoms with van der Waals surface area (Å²) in [6.07, 6.45) is 0. The highest BCUT2D eigenvalue weighted by Crippen LogP contribution is 2.18. The van der Waals surface area contributed by atoms with Gasteiger partial charge in [0.2, 0.25) is 0 Å². The number of benzene rings is 2. The minimum Gasteiger partial charge on any atom is -0.381 e. The van der Waals surface area contributed by atoms with Gasteiger partial charge in [0, 0.05) is 29.4 Å². The summed E-state index contributed by atoms with van der Waals surface area (Å²) in [7, 11) is 0. The van der Waals surface area contributed by atoms with Crippen LogP contribution in [0.3, 0.4) is 0 Å². The zero-order chi connectivity index (χ0) is 13.8. The lowest BCUT2D eigenvalue weighted by Gasteiger charge is -2.07. The number of nitro benzene ring substituents is 1. The van der Waals surface area contributed by atoms with E-state index in [1.165, 1.54) is 24.3 Å². The second-order valence-corrected chi connectivity index (χ2v) is 4.37. The van der Waals surface area contributed by atoms with Gasteiger partial charge in [-0.1, -0.05) is 11.6 Å². The Kier molecular flexibility index (Phi) is 3.97. The van der Waals surface area contributed by atoms with E-state index in [1.807, 2.05) is 0 Å². The molecule has 0 aliphatic carbocycles. The molecule has 0 saturated heterocycles. The smallest absolute Gasteiger partial charge is 0.269 e. The predicted molar refractivity (Wildman–Crippen MR) is 71.8 cm³/mol. The minimum atomic E-state index is -0.462. The molecule has 0 aromatic heterocycles. The lowest BCUT2D eigenvalue weighted by molar-refractivity contribution is -0.384. The van der Waals surface area contributed by atoms with Crippen molar-refractivity contribution < 1.29 is 9.31 Å². The van der Waals surface area contributed by atoms with Gasteiger partial charge in [-0.15, -0.1) is 0 Å². The third-order valence-electron chi connectivity index (χ3n) is 2.50. The summed E-state index contributed by atoms with van der Waals surface area (Å²) in [6.45, 7) is 0.384. The van der Waals surface area contributed by atoms with E-state index in [4.69, 9.17) is 11.6 Å². The van der Waals surface area contributed by atoms with Crippen LogP contribution in [0.1, 0.15) is 5.56 Å². The van der Waals surface area contributed by atoms with Crippen LogP contribution in [0.5, 0.6) is 0 Å². The van der Waals surface area contributed by atoms with Gasteiger partial charge in [-0.2, -0.15) is 0 Å². The molecular formula is C13H10ClFN2O2. The summed E-state index contributed by atoms with van der Waals surface area (Å²) in [5.41, 5.74) is 1.44. The number of hydrogen-bond donors (Lipinski definition) is 1. The van der Waals surface area contributed by atoms with Gasteiger partial charge in [0.05, 0.1) is 4.92 Å². The maximum absolute atomic E-state index is 13.1. The standard InChI is InChI=1S/C13H10ClFN2O2/c14-10-5-9(6-11(15)7-10)8-16-12-1-3-13(4-2-12)17(18)19/h1-7,16H,8H2. The summed E-state index contributed by atoms with van der Waals surface area (Å²) >= 11 is 5.74. The van der Waals surface area contributed by atoms with E-state index in [1.54, 1.807) is 18.2 Å². The summed E-state index contributed by atoms with van der Waals surface area (Å²) in [5, 5.41) is 13.9. The van der Waals surface area contributed by atoms with Crippen LogP contribution < -0.4 is 5.32 Å². The molecule has 0 fully saturated rings. The maximum atomic E-state index is 13.1. The van der Waals surface area contributed by atoms with Gasteiger partial charge >= 0.3 is 0 Å². The molecule has 2 rings (SSSR count). The van der Waals surface area contributed by atoms with E-state index < -0.39 is 10.7 Å². The van der Waals surface area contributed by atoms with E-state index in [2.05, 4.69) is 5.32 Å². The Morgan fingerprint density at radius 2 is 1.89 bits per heavy atom. The molecule has 0 heterocycles. The lowest BCUT2D eigenvalue weighted by atomic mass is 10.2. The van der Waals surface area contributed by atoms with Gasteiger partial charge < -0.3 is 5.32 Å². The van der Waals surface area contributed by atoms with E-state index in [0.717, 1.165) is 0 Å². The predicted octanol–water partition coefficient (Wildman–Crippen LogP) is 4.00. The minimum absolute atomic E-state index is 0.0272. The number of nitro groups is 1. The maximum Gasteiger partial charge on any atom is 0.269 e. The first-order chi connectivity index (χ1) is 9.04. The Morgan fingerprint density at radius 1 is 1.21 bits per heavy atom. The van der Waals surface area contributed by atoms with Crippen molar-refractivity contribution in [3.63, 3.8) is 0 Å². The van der Waals surface area contributed by atoms with Crippen LogP contribution in [0.25, 0.3) is 0 Å². The highest BCUT2D eigenvalue weighted by atomic mass is 35.5. The molecule has 0 radical (unpaired) electrons. The lowest BCUT2D eigenvalue weighted by Crippen LogP contribution is -2.00. The molecular weight excluding hydrogens is 271 g/mol. The van der Waals surface area contributed by atoms with Crippen LogP contribution in [-0.4, -0.2) is 4.92 Å². The Balaban J connectivity index is 2.03. The number of nitrogens with one attached hydrogen (secondary N) is 1. The molecule has 0 atom stereocenters. The summed E-state index contributed by atoms with van der Waals surface area (Å²) in [5.74, 6) is -0.395. The van der Waals surface area contributed by atoms with Crippen LogP contribution in [0, 0.1) is 15.9 Å². The Morgan fingerprint density at radius 3 is 2.47 bits per heavy atom. The van der Waals surface area contributed by atoms with Gasteiger partial charge in [0.25, 0.3) is 5.69 Å². The first-order valence-corrected chi connectivity index (χ1v) is 5.86. The fraction of sp³-hybridized carbons (Fsp3) is 0.0769. The molecule has 0 spiro atoms. The van der Waals surface area contributed by atoms with Crippen LogP contribution >= 0.6 is 11.6 Å². The molecule has 0 bridgehead atoms. The van der Waals surface area contributed by atoms with E-state index in [-0.39, 0.29) is 5.69 Å². The third-order valence-corrected chi connectivity index (χ3v) is 2.72. The van der Waals surface area contributed by atoms with Crippen molar-refractivity contribution in [3.8, 4) is 0 Å². The highest BCUT2D eigenvalue weighted by molar-refractivity contribution is 6.30. The Labute approximate surface area is 114 Å². The molecule has 2 aromatic rings. The summed E-state index contributed by atoms with van der Waals surface area (Å²) < 4.78 is 13.1. The van der Waals surface area contributed by atoms with Crippen LogP contribution in [0.15, 0.2) is 42.5 Å². The van der Waals surface area contributed by atoms with Crippen molar-refractivity contribution in [1.29, 1.82) is 0 Å². The van der Waals surface area contributed by atoms with Gasteiger partial charge in [-0.3, -0.25) is 10.1 Å². The van der Waals surface area contributed by atoms with E-state index >= 15 is 0 Å². The average molecular weight is 281 g/mol. The quantitative estimate of drug-likeness (QED) is 0.680. The zero-order valence-corrected chi connectivity index (χ0v) is 10.5. The monoisotopic (exact) mass is 280 g/mol.